The van der Waals surface area contributed by atoms with E-state index in [4.69, 9.17) is 14.2 Å². The van der Waals surface area contributed by atoms with Crippen molar-refractivity contribution in [2.24, 2.45) is 0 Å². The SMILES string of the molecule is CCN(CC)CCOc1cccc2c1OCCO2. The van der Waals surface area contributed by atoms with Crippen LogP contribution < -0.4 is 14.2 Å². The van der Waals surface area contributed by atoms with Crippen LogP contribution in [0.3, 0.4) is 0 Å². The Labute approximate surface area is 108 Å². The van der Waals surface area contributed by atoms with E-state index < -0.39 is 0 Å². The van der Waals surface area contributed by atoms with Crippen LogP contribution in [-0.4, -0.2) is 44.4 Å². The van der Waals surface area contributed by atoms with E-state index in [2.05, 4.69) is 18.7 Å². The normalized spacial score (nSPS) is 13.7. The first-order valence-corrected chi connectivity index (χ1v) is 6.59. The summed E-state index contributed by atoms with van der Waals surface area (Å²) in [5, 5.41) is 0. The molecule has 2 rings (SSSR count). The van der Waals surface area contributed by atoms with Crippen molar-refractivity contribution in [3.8, 4) is 17.2 Å². The quantitative estimate of drug-likeness (QED) is 0.775. The molecule has 1 aromatic carbocycles. The van der Waals surface area contributed by atoms with Gasteiger partial charge >= 0.3 is 0 Å². The van der Waals surface area contributed by atoms with Crippen LogP contribution in [0, 0.1) is 0 Å². The molecule has 0 saturated carbocycles. The predicted octanol–water partition coefficient (Wildman–Crippen LogP) is 2.18. The summed E-state index contributed by atoms with van der Waals surface area (Å²) in [6.45, 7) is 9.20. The first-order valence-electron chi connectivity index (χ1n) is 6.59. The number of benzene rings is 1. The molecule has 0 amide bonds. The van der Waals surface area contributed by atoms with Gasteiger partial charge in [-0.25, -0.2) is 0 Å². The number of fused-ring (bicyclic) bond motifs is 1. The summed E-state index contributed by atoms with van der Waals surface area (Å²) in [5.74, 6) is 2.30. The van der Waals surface area contributed by atoms with Crippen molar-refractivity contribution in [3.05, 3.63) is 18.2 Å². The van der Waals surface area contributed by atoms with Gasteiger partial charge in [-0.15, -0.1) is 0 Å². The summed E-state index contributed by atoms with van der Waals surface area (Å²) in [4.78, 5) is 2.33. The number of nitrogens with zero attached hydrogens (tertiary/aromatic N) is 1. The maximum atomic E-state index is 5.79. The van der Waals surface area contributed by atoms with Gasteiger partial charge in [0.25, 0.3) is 0 Å². The minimum absolute atomic E-state index is 0.587. The highest BCUT2D eigenvalue weighted by atomic mass is 16.6. The monoisotopic (exact) mass is 251 g/mol. The molecule has 0 unspecified atom stereocenters. The lowest BCUT2D eigenvalue weighted by atomic mass is 10.3. The summed E-state index contributed by atoms with van der Waals surface area (Å²) >= 11 is 0. The molecule has 0 saturated heterocycles. The lowest BCUT2D eigenvalue weighted by Gasteiger charge is -2.22. The Morgan fingerprint density at radius 2 is 1.94 bits per heavy atom. The van der Waals surface area contributed by atoms with E-state index in [0.29, 0.717) is 19.8 Å². The summed E-state index contributed by atoms with van der Waals surface area (Å²) in [6.07, 6.45) is 0. The highest BCUT2D eigenvalue weighted by molar-refractivity contribution is 5.51. The molecule has 0 aliphatic carbocycles. The highest BCUT2D eigenvalue weighted by Crippen LogP contribution is 2.38. The Morgan fingerprint density at radius 1 is 1.17 bits per heavy atom. The maximum absolute atomic E-state index is 5.79. The lowest BCUT2D eigenvalue weighted by Crippen LogP contribution is -2.28. The molecule has 0 N–H and O–H groups in total. The van der Waals surface area contributed by atoms with Crippen LogP contribution in [0.25, 0.3) is 0 Å². The summed E-state index contributed by atoms with van der Waals surface area (Å²) in [7, 11) is 0. The van der Waals surface area contributed by atoms with Gasteiger partial charge in [0, 0.05) is 6.54 Å². The molecule has 1 aromatic rings. The molecule has 1 aliphatic rings. The average Bonchev–Trinajstić information content (AvgIpc) is 2.44. The van der Waals surface area contributed by atoms with E-state index >= 15 is 0 Å². The van der Waals surface area contributed by atoms with Gasteiger partial charge in [0.15, 0.2) is 11.5 Å². The molecule has 0 aromatic heterocycles. The first-order chi connectivity index (χ1) is 8.85. The zero-order chi connectivity index (χ0) is 12.8. The van der Waals surface area contributed by atoms with Gasteiger partial charge in [-0.2, -0.15) is 0 Å². The largest absolute Gasteiger partial charge is 0.488 e. The average molecular weight is 251 g/mol. The van der Waals surface area contributed by atoms with Crippen molar-refractivity contribution in [1.82, 2.24) is 4.90 Å². The molecule has 1 heterocycles. The second kappa shape index (κ2) is 6.50. The van der Waals surface area contributed by atoms with Crippen molar-refractivity contribution in [2.75, 3.05) is 39.5 Å². The molecule has 1 aliphatic heterocycles. The van der Waals surface area contributed by atoms with Crippen molar-refractivity contribution in [2.45, 2.75) is 13.8 Å². The number of rotatable bonds is 6. The second-order valence-electron chi connectivity index (χ2n) is 4.16. The van der Waals surface area contributed by atoms with Gasteiger partial charge in [0.1, 0.15) is 19.8 Å². The molecule has 4 nitrogen and oxygen atoms in total. The van der Waals surface area contributed by atoms with Crippen LogP contribution in [0.15, 0.2) is 18.2 Å². The van der Waals surface area contributed by atoms with Gasteiger partial charge in [-0.05, 0) is 25.2 Å². The van der Waals surface area contributed by atoms with E-state index in [0.717, 1.165) is 36.9 Å². The molecule has 4 heteroatoms. The molecule has 0 spiro atoms. The van der Waals surface area contributed by atoms with Gasteiger partial charge < -0.3 is 19.1 Å². The minimum atomic E-state index is 0.587. The van der Waals surface area contributed by atoms with Gasteiger partial charge in [0.2, 0.25) is 5.75 Å². The molecular weight excluding hydrogens is 230 g/mol. The third-order valence-electron chi connectivity index (χ3n) is 3.09. The maximum Gasteiger partial charge on any atom is 0.203 e. The minimum Gasteiger partial charge on any atom is -0.488 e. The first kappa shape index (κ1) is 13.0. The van der Waals surface area contributed by atoms with Crippen LogP contribution in [0.2, 0.25) is 0 Å². The van der Waals surface area contributed by atoms with Crippen LogP contribution in [0.5, 0.6) is 17.2 Å². The highest BCUT2D eigenvalue weighted by Gasteiger charge is 2.16. The van der Waals surface area contributed by atoms with E-state index in [9.17, 15) is 0 Å². The predicted molar refractivity (Wildman–Crippen MR) is 70.7 cm³/mol. The molecule has 18 heavy (non-hydrogen) atoms. The van der Waals surface area contributed by atoms with Crippen LogP contribution in [0.1, 0.15) is 13.8 Å². The smallest absolute Gasteiger partial charge is 0.203 e. The Morgan fingerprint density at radius 3 is 2.72 bits per heavy atom. The molecule has 0 radical (unpaired) electrons. The Balaban J connectivity index is 1.93. The van der Waals surface area contributed by atoms with Gasteiger partial charge in [-0.3, -0.25) is 0 Å². The fourth-order valence-electron chi connectivity index (χ4n) is 1.99. The van der Waals surface area contributed by atoms with Crippen molar-refractivity contribution >= 4 is 0 Å². The van der Waals surface area contributed by atoms with Gasteiger partial charge in [-0.1, -0.05) is 19.9 Å². The lowest BCUT2D eigenvalue weighted by molar-refractivity contribution is 0.158. The zero-order valence-electron chi connectivity index (χ0n) is 11.1. The number of para-hydroxylation sites is 1. The van der Waals surface area contributed by atoms with Crippen molar-refractivity contribution in [3.63, 3.8) is 0 Å². The van der Waals surface area contributed by atoms with Gasteiger partial charge in [0.05, 0.1) is 0 Å². The molecule has 0 bridgehead atoms. The number of hydrogen-bond acceptors (Lipinski definition) is 4. The summed E-state index contributed by atoms with van der Waals surface area (Å²) in [6, 6.07) is 5.77. The summed E-state index contributed by atoms with van der Waals surface area (Å²) < 4.78 is 16.9. The van der Waals surface area contributed by atoms with E-state index in [1.165, 1.54) is 0 Å². The van der Waals surface area contributed by atoms with Crippen LogP contribution in [0.4, 0.5) is 0 Å². The topological polar surface area (TPSA) is 30.9 Å². The number of hydrogen-bond donors (Lipinski definition) is 0. The van der Waals surface area contributed by atoms with E-state index in [-0.39, 0.29) is 0 Å². The summed E-state index contributed by atoms with van der Waals surface area (Å²) in [5.41, 5.74) is 0. The van der Waals surface area contributed by atoms with E-state index in [1.807, 2.05) is 18.2 Å². The fraction of sp³-hybridized carbons (Fsp3) is 0.571. The number of likely N-dealkylation sites (N-methyl/N-ethyl adjacent to an activating group) is 1. The molecule has 0 atom stereocenters. The molecular formula is C14H21NO3. The van der Waals surface area contributed by atoms with Crippen molar-refractivity contribution < 1.29 is 14.2 Å². The number of ether oxygens (including phenoxy) is 3. The third kappa shape index (κ3) is 3.07. The third-order valence-corrected chi connectivity index (χ3v) is 3.09. The Kier molecular flexibility index (Phi) is 4.70. The second-order valence-corrected chi connectivity index (χ2v) is 4.16. The van der Waals surface area contributed by atoms with E-state index in [1.54, 1.807) is 0 Å². The van der Waals surface area contributed by atoms with Crippen molar-refractivity contribution in [1.29, 1.82) is 0 Å². The standard InChI is InChI=1S/C14H21NO3/c1-3-15(4-2)8-9-16-12-6-5-7-13-14(12)18-11-10-17-13/h5-7H,3-4,8-11H2,1-2H3. The molecule has 100 valence electrons. The van der Waals surface area contributed by atoms with Crippen LogP contribution in [-0.2, 0) is 0 Å². The Hall–Kier alpha value is -1.42. The van der Waals surface area contributed by atoms with Crippen LogP contribution >= 0.6 is 0 Å². The fourth-order valence-corrected chi connectivity index (χ4v) is 1.99. The molecule has 0 fully saturated rings. The Bertz CT molecular complexity index is 377. The zero-order valence-corrected chi connectivity index (χ0v) is 11.1.